The van der Waals surface area contributed by atoms with Crippen molar-refractivity contribution in [3.8, 4) is 0 Å². The van der Waals surface area contributed by atoms with Crippen LogP contribution in [0.15, 0.2) is 11.1 Å². The molecule has 5 rings (SSSR count). The SMILES string of the molecule is CCC1(CC)CC(CC)(CC)c2c1cc1c(c2[Si]N(C=NC2CCCCC2)C2CCCCC2)C(CC)(CC)CC1(CC)CC. The zero-order chi connectivity index (χ0) is 31.6. The van der Waals surface area contributed by atoms with Gasteiger partial charge in [0.15, 0.2) is 0 Å². The Morgan fingerprint density at radius 1 is 0.614 bits per heavy atom. The second kappa shape index (κ2) is 13.9. The summed E-state index contributed by atoms with van der Waals surface area (Å²) in [6.45, 7) is 20.1. The minimum atomic E-state index is 0.300. The van der Waals surface area contributed by atoms with Crippen LogP contribution in [-0.4, -0.2) is 32.7 Å². The lowest BCUT2D eigenvalue weighted by Gasteiger charge is -2.39. The largest absolute Gasteiger partial charge is 0.383 e. The van der Waals surface area contributed by atoms with Crippen LogP contribution in [0.3, 0.4) is 0 Å². The van der Waals surface area contributed by atoms with Crippen LogP contribution in [0, 0.1) is 0 Å². The molecule has 4 aliphatic carbocycles. The van der Waals surface area contributed by atoms with Crippen LogP contribution in [0.25, 0.3) is 0 Å². The third-order valence-electron chi connectivity index (χ3n) is 14.5. The van der Waals surface area contributed by atoms with Gasteiger partial charge in [-0.3, -0.25) is 4.99 Å². The van der Waals surface area contributed by atoms with Crippen LogP contribution >= 0.6 is 0 Å². The second-order valence-corrected chi connectivity index (χ2v) is 17.0. The standard InChI is InChI=1S/C41H68N2Si/c1-9-38(10-2)28-40(13-5,14-6)35-33(38)27-34-36(41(15-7,16-8)29-39(34,11-3)12-4)37(35)44-43(32-25-21-18-22-26-32)30-42-31-23-19-17-20-24-31/h27,30-32H,9-26,28-29H2,1-8H3. The van der Waals surface area contributed by atoms with Gasteiger partial charge in [0.25, 0.3) is 0 Å². The van der Waals surface area contributed by atoms with E-state index in [-0.39, 0.29) is 0 Å². The molecule has 3 heteroatoms. The molecule has 1 aromatic carbocycles. The predicted molar refractivity (Wildman–Crippen MR) is 194 cm³/mol. The monoisotopic (exact) mass is 617 g/mol. The van der Waals surface area contributed by atoms with Gasteiger partial charge in [-0.15, -0.1) is 0 Å². The van der Waals surface area contributed by atoms with Gasteiger partial charge in [0.1, 0.15) is 0 Å². The van der Waals surface area contributed by atoms with Crippen LogP contribution in [0.4, 0.5) is 0 Å². The van der Waals surface area contributed by atoms with Crippen molar-refractivity contribution in [3.63, 3.8) is 0 Å². The number of rotatable bonds is 13. The molecule has 44 heavy (non-hydrogen) atoms. The van der Waals surface area contributed by atoms with E-state index in [0.717, 1.165) is 9.68 Å². The fraction of sp³-hybridized carbons (Fsp3) is 0.829. The van der Waals surface area contributed by atoms with Crippen molar-refractivity contribution in [1.29, 1.82) is 0 Å². The highest BCUT2D eigenvalue weighted by molar-refractivity contribution is 6.54. The van der Waals surface area contributed by atoms with Crippen LogP contribution in [-0.2, 0) is 21.7 Å². The van der Waals surface area contributed by atoms with Gasteiger partial charge >= 0.3 is 0 Å². The average Bonchev–Trinajstić information content (AvgIpc) is 3.56. The molecule has 0 bridgehead atoms. The smallest absolute Gasteiger partial charge is 0.223 e. The normalized spacial score (nSPS) is 24.1. The minimum absolute atomic E-state index is 0.300. The fourth-order valence-electron chi connectivity index (χ4n) is 11.0. The van der Waals surface area contributed by atoms with Gasteiger partial charge in [0, 0.05) is 6.04 Å². The van der Waals surface area contributed by atoms with Crippen molar-refractivity contribution in [2.24, 2.45) is 4.99 Å². The van der Waals surface area contributed by atoms with Gasteiger partial charge in [0.2, 0.25) is 9.68 Å². The zero-order valence-corrected chi connectivity index (χ0v) is 31.3. The Morgan fingerprint density at radius 2 is 1.02 bits per heavy atom. The number of nitrogens with zero attached hydrogens (tertiary/aromatic N) is 2. The molecule has 0 saturated heterocycles. The fourth-order valence-corrected chi connectivity index (χ4v) is 12.8. The second-order valence-electron chi connectivity index (χ2n) is 15.8. The van der Waals surface area contributed by atoms with E-state index < -0.39 is 0 Å². The topological polar surface area (TPSA) is 15.6 Å². The Bertz CT molecular complexity index is 1060. The summed E-state index contributed by atoms with van der Waals surface area (Å²) in [6, 6.07) is 4.08. The van der Waals surface area contributed by atoms with Crippen molar-refractivity contribution in [2.45, 2.75) is 218 Å². The summed E-state index contributed by atoms with van der Waals surface area (Å²) in [5.41, 5.74) is 8.48. The van der Waals surface area contributed by atoms with Crippen LogP contribution in [0.2, 0.25) is 0 Å². The number of hydrogen-bond donors (Lipinski definition) is 0. The molecule has 2 nitrogen and oxygen atoms in total. The first-order valence-electron chi connectivity index (χ1n) is 19.6. The van der Waals surface area contributed by atoms with E-state index in [2.05, 4.69) is 72.4 Å². The summed E-state index contributed by atoms with van der Waals surface area (Å²) >= 11 is 0. The highest BCUT2D eigenvalue weighted by Gasteiger charge is 2.56. The lowest BCUT2D eigenvalue weighted by molar-refractivity contribution is 0.278. The quantitative estimate of drug-likeness (QED) is 0.122. The molecule has 2 saturated carbocycles. The molecule has 2 fully saturated rings. The zero-order valence-electron chi connectivity index (χ0n) is 30.3. The van der Waals surface area contributed by atoms with Gasteiger partial charge in [0.05, 0.1) is 12.4 Å². The Kier molecular flexibility index (Phi) is 10.9. The van der Waals surface area contributed by atoms with E-state index >= 15 is 0 Å². The Hall–Kier alpha value is -1.09. The van der Waals surface area contributed by atoms with Crippen molar-refractivity contribution in [3.05, 3.63) is 28.3 Å². The summed E-state index contributed by atoms with van der Waals surface area (Å²) in [4.78, 5) is 5.43. The van der Waals surface area contributed by atoms with Crippen LogP contribution in [0.5, 0.6) is 0 Å². The van der Waals surface area contributed by atoms with Crippen LogP contribution in [0.1, 0.15) is 206 Å². The summed E-state index contributed by atoms with van der Waals surface area (Å²) in [5, 5.41) is 1.82. The molecule has 0 spiro atoms. The highest BCUT2D eigenvalue weighted by atomic mass is 28.2. The maximum Gasteiger partial charge on any atom is 0.223 e. The molecule has 1 aromatic rings. The maximum atomic E-state index is 5.43. The third kappa shape index (κ3) is 5.59. The third-order valence-corrected chi connectivity index (χ3v) is 15.9. The van der Waals surface area contributed by atoms with E-state index in [1.807, 2.05) is 16.3 Å². The van der Waals surface area contributed by atoms with Gasteiger partial charge in [-0.1, -0.05) is 100.0 Å². The molecule has 0 amide bonds. The molecule has 0 aromatic heterocycles. The van der Waals surface area contributed by atoms with E-state index in [0.29, 0.717) is 33.7 Å². The maximum absolute atomic E-state index is 5.43. The van der Waals surface area contributed by atoms with E-state index in [9.17, 15) is 0 Å². The Balaban J connectivity index is 1.79. The molecule has 0 aliphatic heterocycles. The van der Waals surface area contributed by atoms with Crippen molar-refractivity contribution in [2.75, 3.05) is 0 Å². The van der Waals surface area contributed by atoms with Crippen LogP contribution < -0.4 is 5.19 Å². The molecular formula is C41H68N2Si. The van der Waals surface area contributed by atoms with E-state index in [1.54, 1.807) is 11.1 Å². The number of hydrogen-bond acceptors (Lipinski definition) is 1. The summed E-state index contributed by atoms with van der Waals surface area (Å²) in [5.74, 6) is 0. The lowest BCUT2D eigenvalue weighted by Crippen LogP contribution is -2.49. The minimum Gasteiger partial charge on any atom is -0.383 e. The summed E-state index contributed by atoms with van der Waals surface area (Å²) in [6.07, 6.45) is 28.9. The van der Waals surface area contributed by atoms with Crippen molar-refractivity contribution >= 4 is 21.2 Å². The number of aliphatic imine (C=N–C) groups is 1. The van der Waals surface area contributed by atoms with Gasteiger partial charge in [-0.2, -0.15) is 0 Å². The highest BCUT2D eigenvalue weighted by Crippen LogP contribution is 2.61. The van der Waals surface area contributed by atoms with E-state index in [1.165, 1.54) is 128 Å². The molecule has 0 atom stereocenters. The first-order chi connectivity index (χ1) is 21.3. The van der Waals surface area contributed by atoms with Crippen molar-refractivity contribution < 1.29 is 0 Å². The molecule has 4 aliphatic rings. The molecular weight excluding hydrogens is 549 g/mol. The molecule has 2 radical (unpaired) electrons. The molecule has 0 N–H and O–H groups in total. The first kappa shape index (κ1) is 34.2. The molecule has 246 valence electrons. The first-order valence-corrected chi connectivity index (χ1v) is 20.6. The predicted octanol–water partition coefficient (Wildman–Crippen LogP) is 11.0. The Morgan fingerprint density at radius 3 is 1.43 bits per heavy atom. The molecule has 0 unspecified atom stereocenters. The van der Waals surface area contributed by atoms with Crippen molar-refractivity contribution in [1.82, 2.24) is 4.57 Å². The van der Waals surface area contributed by atoms with Gasteiger partial charge < -0.3 is 4.57 Å². The van der Waals surface area contributed by atoms with E-state index in [4.69, 9.17) is 4.99 Å². The number of fused-ring (bicyclic) bond motifs is 2. The number of benzene rings is 1. The summed E-state index contributed by atoms with van der Waals surface area (Å²) < 4.78 is 2.85. The van der Waals surface area contributed by atoms with Gasteiger partial charge in [-0.05, 0) is 139 Å². The lowest BCUT2D eigenvalue weighted by atomic mass is 9.70. The molecule has 0 heterocycles. The van der Waals surface area contributed by atoms with Gasteiger partial charge in [-0.25, -0.2) is 0 Å². The Labute approximate surface area is 275 Å². The summed E-state index contributed by atoms with van der Waals surface area (Å²) in [7, 11) is 0.719. The average molecular weight is 617 g/mol.